The number of aliphatic hydroxyl groups is 1. The van der Waals surface area contributed by atoms with E-state index in [4.69, 9.17) is 0 Å². The summed E-state index contributed by atoms with van der Waals surface area (Å²) < 4.78 is 0. The quantitative estimate of drug-likeness (QED) is 0.595. The highest BCUT2D eigenvalue weighted by Crippen LogP contribution is 2.29. The first kappa shape index (κ1) is 18.2. The van der Waals surface area contributed by atoms with Crippen molar-refractivity contribution in [3.63, 3.8) is 0 Å². The molecule has 2 atom stereocenters. The van der Waals surface area contributed by atoms with E-state index in [-0.39, 0.29) is 6.04 Å². The maximum Gasteiger partial charge on any atom is 0.0813 e. The molecule has 0 aliphatic rings. The molecule has 1 heterocycles. The number of hydrogen-bond acceptors (Lipinski definition) is 3. The highest BCUT2D eigenvalue weighted by molar-refractivity contribution is 5.47. The number of rotatable bonds is 7. The van der Waals surface area contributed by atoms with Crippen molar-refractivity contribution in [2.45, 2.75) is 38.3 Å². The molecule has 3 heteroatoms. The fraction of sp³-hybridized carbons (Fsp3) is 0.261. The number of anilines is 1. The van der Waals surface area contributed by atoms with Crippen LogP contribution in [0.15, 0.2) is 79.0 Å². The summed E-state index contributed by atoms with van der Waals surface area (Å²) in [6.45, 7) is 4.38. The summed E-state index contributed by atoms with van der Waals surface area (Å²) in [6.07, 6.45) is 1.79. The van der Waals surface area contributed by atoms with Crippen molar-refractivity contribution in [1.82, 2.24) is 4.98 Å². The van der Waals surface area contributed by atoms with Gasteiger partial charge in [0, 0.05) is 18.3 Å². The summed E-state index contributed by atoms with van der Waals surface area (Å²) in [6, 6.07) is 24.1. The summed E-state index contributed by atoms with van der Waals surface area (Å²) >= 11 is 0. The molecule has 0 aliphatic heterocycles. The molecule has 0 bridgehead atoms. The van der Waals surface area contributed by atoms with E-state index in [1.807, 2.05) is 48.5 Å². The molecule has 3 rings (SSSR count). The van der Waals surface area contributed by atoms with E-state index in [1.165, 1.54) is 5.56 Å². The second-order valence-electron chi connectivity index (χ2n) is 6.89. The lowest BCUT2D eigenvalue weighted by molar-refractivity contribution is 0.160. The van der Waals surface area contributed by atoms with Crippen LogP contribution in [0.25, 0.3) is 0 Å². The number of pyridine rings is 1. The van der Waals surface area contributed by atoms with Gasteiger partial charge in [-0.15, -0.1) is 0 Å². The van der Waals surface area contributed by atoms with Gasteiger partial charge in [0.2, 0.25) is 0 Å². The molecule has 0 spiro atoms. The Hall–Kier alpha value is -2.65. The van der Waals surface area contributed by atoms with Gasteiger partial charge < -0.3 is 10.4 Å². The van der Waals surface area contributed by atoms with E-state index in [1.54, 1.807) is 6.20 Å². The predicted molar refractivity (Wildman–Crippen MR) is 107 cm³/mol. The highest BCUT2D eigenvalue weighted by atomic mass is 16.3. The van der Waals surface area contributed by atoms with Crippen LogP contribution in [-0.4, -0.2) is 10.1 Å². The number of aromatic nitrogens is 1. The van der Waals surface area contributed by atoms with E-state index in [0.29, 0.717) is 12.3 Å². The Morgan fingerprint density at radius 2 is 1.54 bits per heavy atom. The lowest BCUT2D eigenvalue weighted by Gasteiger charge is -2.23. The Morgan fingerprint density at radius 1 is 0.846 bits per heavy atom. The predicted octanol–water partition coefficient (Wildman–Crippen LogP) is 5.48. The van der Waals surface area contributed by atoms with Crippen LogP contribution < -0.4 is 5.32 Å². The molecule has 3 aromatic rings. The van der Waals surface area contributed by atoms with Gasteiger partial charge in [-0.3, -0.25) is 4.98 Å². The van der Waals surface area contributed by atoms with Crippen LogP contribution in [0.4, 0.5) is 5.69 Å². The average molecular weight is 346 g/mol. The molecule has 2 N–H and O–H groups in total. The number of nitrogens with one attached hydrogen (secondary N) is 1. The second-order valence-corrected chi connectivity index (χ2v) is 6.89. The van der Waals surface area contributed by atoms with Crippen molar-refractivity contribution in [3.8, 4) is 0 Å². The molecule has 1 aromatic heterocycles. The zero-order chi connectivity index (χ0) is 18.4. The van der Waals surface area contributed by atoms with Crippen molar-refractivity contribution in [2.24, 2.45) is 0 Å². The Kier molecular flexibility index (Phi) is 6.03. The van der Waals surface area contributed by atoms with Crippen LogP contribution in [0.1, 0.15) is 55.2 Å². The third kappa shape index (κ3) is 4.70. The minimum atomic E-state index is -0.550. The molecule has 0 amide bonds. The van der Waals surface area contributed by atoms with Gasteiger partial charge in [0.1, 0.15) is 0 Å². The van der Waals surface area contributed by atoms with Crippen molar-refractivity contribution in [1.29, 1.82) is 0 Å². The van der Waals surface area contributed by atoms with E-state index in [9.17, 15) is 5.11 Å². The third-order valence-corrected chi connectivity index (χ3v) is 4.61. The molecule has 2 unspecified atom stereocenters. The first-order valence-corrected chi connectivity index (χ1v) is 9.14. The number of nitrogens with zero attached hydrogens (tertiary/aromatic N) is 1. The SMILES string of the molecule is CC(C)c1ccc(NC(CC(O)c2ccccc2)c2ccccn2)cc1. The van der Waals surface area contributed by atoms with Crippen LogP contribution in [0.5, 0.6) is 0 Å². The minimum absolute atomic E-state index is 0.0729. The number of benzene rings is 2. The molecular formula is C23H26N2O. The Morgan fingerprint density at radius 3 is 2.15 bits per heavy atom. The van der Waals surface area contributed by atoms with Crippen molar-refractivity contribution < 1.29 is 5.11 Å². The van der Waals surface area contributed by atoms with E-state index < -0.39 is 6.10 Å². The highest BCUT2D eigenvalue weighted by Gasteiger charge is 2.19. The van der Waals surface area contributed by atoms with Gasteiger partial charge in [-0.25, -0.2) is 0 Å². The second kappa shape index (κ2) is 8.63. The zero-order valence-electron chi connectivity index (χ0n) is 15.3. The molecule has 0 saturated heterocycles. The lowest BCUT2D eigenvalue weighted by Crippen LogP contribution is -2.16. The Balaban J connectivity index is 1.79. The first-order valence-electron chi connectivity index (χ1n) is 9.14. The first-order chi connectivity index (χ1) is 12.6. The van der Waals surface area contributed by atoms with E-state index >= 15 is 0 Å². The molecule has 0 fully saturated rings. The molecule has 26 heavy (non-hydrogen) atoms. The third-order valence-electron chi connectivity index (χ3n) is 4.61. The monoisotopic (exact) mass is 346 g/mol. The molecule has 2 aromatic carbocycles. The van der Waals surface area contributed by atoms with Gasteiger partial charge in [-0.1, -0.05) is 62.4 Å². The van der Waals surface area contributed by atoms with Crippen molar-refractivity contribution in [2.75, 3.05) is 5.32 Å². The maximum atomic E-state index is 10.7. The van der Waals surface area contributed by atoms with Gasteiger partial charge in [0.15, 0.2) is 0 Å². The van der Waals surface area contributed by atoms with Crippen LogP contribution in [-0.2, 0) is 0 Å². The Labute approximate surface area is 155 Å². The lowest BCUT2D eigenvalue weighted by atomic mass is 9.99. The maximum absolute atomic E-state index is 10.7. The summed E-state index contributed by atoms with van der Waals surface area (Å²) in [5, 5.41) is 14.2. The molecule has 0 radical (unpaired) electrons. The molecule has 0 saturated carbocycles. The van der Waals surface area contributed by atoms with Crippen LogP contribution in [0.3, 0.4) is 0 Å². The van der Waals surface area contributed by atoms with Gasteiger partial charge in [0.05, 0.1) is 17.8 Å². The van der Waals surface area contributed by atoms with E-state index in [0.717, 1.165) is 16.9 Å². The normalized spacial score (nSPS) is 13.4. The topological polar surface area (TPSA) is 45.1 Å². The summed E-state index contributed by atoms with van der Waals surface area (Å²) in [4.78, 5) is 4.49. The van der Waals surface area contributed by atoms with Crippen LogP contribution in [0.2, 0.25) is 0 Å². The summed E-state index contributed by atoms with van der Waals surface area (Å²) in [7, 11) is 0. The molecule has 3 nitrogen and oxygen atoms in total. The van der Waals surface area contributed by atoms with E-state index in [2.05, 4.69) is 48.4 Å². The fourth-order valence-electron chi connectivity index (χ4n) is 3.04. The van der Waals surface area contributed by atoms with Gasteiger partial charge in [-0.2, -0.15) is 0 Å². The van der Waals surface area contributed by atoms with Gasteiger partial charge in [0.25, 0.3) is 0 Å². The van der Waals surface area contributed by atoms with Crippen molar-refractivity contribution in [3.05, 3.63) is 95.8 Å². The zero-order valence-corrected chi connectivity index (χ0v) is 15.3. The molecule has 0 aliphatic carbocycles. The standard InChI is InChI=1S/C23H26N2O/c1-17(2)18-11-13-20(14-12-18)25-22(21-10-6-7-15-24-21)16-23(26)19-8-4-3-5-9-19/h3-15,17,22-23,25-26H,16H2,1-2H3. The largest absolute Gasteiger partial charge is 0.388 e. The average Bonchev–Trinajstić information content (AvgIpc) is 2.69. The van der Waals surface area contributed by atoms with Crippen molar-refractivity contribution >= 4 is 5.69 Å². The van der Waals surface area contributed by atoms with Gasteiger partial charge in [-0.05, 0) is 41.3 Å². The summed E-state index contributed by atoms with van der Waals surface area (Å²) in [5.41, 5.74) is 4.19. The smallest absolute Gasteiger partial charge is 0.0813 e. The fourth-order valence-corrected chi connectivity index (χ4v) is 3.04. The molecular weight excluding hydrogens is 320 g/mol. The minimum Gasteiger partial charge on any atom is -0.388 e. The number of hydrogen-bond donors (Lipinski definition) is 2. The molecule has 134 valence electrons. The van der Waals surface area contributed by atoms with Gasteiger partial charge >= 0.3 is 0 Å². The summed E-state index contributed by atoms with van der Waals surface area (Å²) in [5.74, 6) is 0.510. The Bertz CT molecular complexity index is 785. The number of aliphatic hydroxyl groups excluding tert-OH is 1. The van der Waals surface area contributed by atoms with Crippen LogP contribution >= 0.6 is 0 Å². The van der Waals surface area contributed by atoms with Crippen LogP contribution in [0, 0.1) is 0 Å².